The second-order valence-corrected chi connectivity index (χ2v) is 3.99. The smallest absolute Gasteiger partial charge is 0.854 e. The topological polar surface area (TPSA) is 134 Å². The van der Waals surface area contributed by atoms with Gasteiger partial charge in [0.2, 0.25) is 0 Å². The molecule has 0 saturated heterocycles. The summed E-state index contributed by atoms with van der Waals surface area (Å²) < 4.78 is 0. The number of rotatable bonds is 12. The van der Waals surface area contributed by atoms with E-state index < -0.39 is 0 Å². The van der Waals surface area contributed by atoms with E-state index >= 15 is 0 Å². The minimum Gasteiger partial charge on any atom is -0.854 e. The van der Waals surface area contributed by atoms with Crippen LogP contribution in [0.1, 0.15) is 0 Å². The molecule has 0 aliphatic heterocycles. The van der Waals surface area contributed by atoms with E-state index in [1.165, 1.54) is 0 Å². The molecular weight excluding hydrogens is 292 g/mol. The van der Waals surface area contributed by atoms with E-state index in [1.54, 1.807) is 9.80 Å². The Kier molecular flexibility index (Phi) is 28.5. The Bertz CT molecular complexity index is 135. The fourth-order valence-electron chi connectivity index (χ4n) is 1.49. The average molecular weight is 321 g/mol. The maximum absolute atomic E-state index is 10.1. The zero-order valence-electron chi connectivity index (χ0n) is 12.7. The molecule has 0 heterocycles. The number of aliphatic hydroxyl groups is 4. The summed E-state index contributed by atoms with van der Waals surface area (Å²) in [6, 6.07) is 0. The van der Waals surface area contributed by atoms with Gasteiger partial charge in [-0.3, -0.25) is 0 Å². The molecule has 0 bridgehead atoms. The zero-order valence-corrected chi connectivity index (χ0v) is 14.1. The van der Waals surface area contributed by atoms with Crippen molar-refractivity contribution in [3.05, 3.63) is 0 Å². The van der Waals surface area contributed by atoms with Crippen LogP contribution in [0.15, 0.2) is 0 Å². The van der Waals surface area contributed by atoms with Gasteiger partial charge in [-0.25, -0.2) is 0 Å². The summed E-state index contributed by atoms with van der Waals surface area (Å²) in [5.41, 5.74) is 0. The largest absolute Gasteiger partial charge is 2.00 e. The molecule has 0 amide bonds. The van der Waals surface area contributed by atoms with Gasteiger partial charge in [0.1, 0.15) is 0 Å². The van der Waals surface area contributed by atoms with Gasteiger partial charge in [0.25, 0.3) is 0 Å². The molecule has 0 aliphatic carbocycles. The summed E-state index contributed by atoms with van der Waals surface area (Å²) in [4.78, 5) is 3.46. The second-order valence-electron chi connectivity index (χ2n) is 3.99. The van der Waals surface area contributed by atoms with Gasteiger partial charge < -0.3 is 40.4 Å². The van der Waals surface area contributed by atoms with Crippen molar-refractivity contribution in [1.29, 1.82) is 0 Å². The van der Waals surface area contributed by atoms with Crippen molar-refractivity contribution < 1.29 is 30.6 Å². The van der Waals surface area contributed by atoms with E-state index in [-0.39, 0.29) is 62.7 Å². The molecule has 4 N–H and O–H groups in total. The fraction of sp³-hybridized carbons (Fsp3) is 1.00. The van der Waals surface area contributed by atoms with E-state index in [0.29, 0.717) is 39.3 Å². The molecule has 0 atom stereocenters. The molecule has 0 radical (unpaired) electrons. The minimum absolute atomic E-state index is 0. The average Bonchev–Trinajstić information content (AvgIpc) is 2.41. The molecule has 21 heavy (non-hydrogen) atoms. The Morgan fingerprint density at radius 3 is 0.905 bits per heavy atom. The second kappa shape index (κ2) is 22.7. The molecule has 0 aromatic carbocycles. The van der Waals surface area contributed by atoms with Gasteiger partial charge in [0.05, 0.1) is 26.4 Å². The Labute approximate surface area is 142 Å². The van der Waals surface area contributed by atoms with Crippen molar-refractivity contribution in [2.75, 3.05) is 78.9 Å². The molecular formula is C12H28MgN2O6. The van der Waals surface area contributed by atoms with Crippen LogP contribution in [-0.2, 0) is 0 Å². The zero-order chi connectivity index (χ0) is 15.6. The number of hydrogen-bond donors (Lipinski definition) is 4. The van der Waals surface area contributed by atoms with Crippen molar-refractivity contribution in [3.8, 4) is 0 Å². The Morgan fingerprint density at radius 1 is 0.524 bits per heavy atom. The first-order valence-electron chi connectivity index (χ1n) is 6.74. The van der Waals surface area contributed by atoms with Crippen molar-refractivity contribution >= 4 is 23.1 Å². The van der Waals surface area contributed by atoms with Gasteiger partial charge in [-0.1, -0.05) is 0 Å². The molecule has 0 unspecified atom stereocenters. The number of aliphatic hydroxyl groups excluding tert-OH is 4. The molecule has 0 rings (SSSR count). The summed E-state index contributed by atoms with van der Waals surface area (Å²) in [6.07, 6.45) is 0. The van der Waals surface area contributed by atoms with E-state index in [2.05, 4.69) is 0 Å². The molecule has 0 spiro atoms. The first kappa shape index (κ1) is 26.3. The van der Waals surface area contributed by atoms with Crippen LogP contribution in [0.25, 0.3) is 0 Å². The third-order valence-electron chi connectivity index (χ3n) is 2.48. The summed E-state index contributed by atoms with van der Waals surface area (Å²) in [5.74, 6) is 0. The van der Waals surface area contributed by atoms with Crippen molar-refractivity contribution in [3.63, 3.8) is 0 Å². The van der Waals surface area contributed by atoms with Gasteiger partial charge in [-0.15, -0.1) is 13.2 Å². The predicted molar refractivity (Wildman–Crippen MR) is 76.7 cm³/mol. The maximum Gasteiger partial charge on any atom is 2.00 e. The predicted octanol–water partition coefficient (Wildman–Crippen LogP) is -5.11. The third kappa shape index (κ3) is 20.4. The van der Waals surface area contributed by atoms with Crippen LogP contribution in [0.2, 0.25) is 0 Å². The van der Waals surface area contributed by atoms with Crippen LogP contribution >= 0.6 is 0 Å². The molecule has 0 aromatic rings. The van der Waals surface area contributed by atoms with Crippen LogP contribution in [0, 0.1) is 0 Å². The van der Waals surface area contributed by atoms with Crippen LogP contribution in [0.3, 0.4) is 0 Å². The normalized spacial score (nSPS) is 10.3. The van der Waals surface area contributed by atoms with Crippen molar-refractivity contribution in [2.24, 2.45) is 0 Å². The molecule has 0 saturated carbocycles. The van der Waals surface area contributed by atoms with Gasteiger partial charge in [0, 0.05) is 26.2 Å². The molecule has 0 fully saturated rings. The van der Waals surface area contributed by atoms with Crippen LogP contribution in [-0.4, -0.2) is 132 Å². The van der Waals surface area contributed by atoms with E-state index in [1.807, 2.05) is 0 Å². The van der Waals surface area contributed by atoms with E-state index in [0.717, 1.165) is 0 Å². The fourth-order valence-corrected chi connectivity index (χ4v) is 1.49. The standard InChI is InChI=1S/2C6H14NO3.Mg/c2*8-4-1-7(2-5-9)3-6-10;/h2*8-9H,1-6H2;/q2*-1;+2. The summed E-state index contributed by atoms with van der Waals surface area (Å²) in [5, 5.41) is 54.0. The third-order valence-corrected chi connectivity index (χ3v) is 2.48. The van der Waals surface area contributed by atoms with Gasteiger partial charge >= 0.3 is 23.1 Å². The first-order chi connectivity index (χ1) is 9.69. The van der Waals surface area contributed by atoms with Gasteiger partial charge in [0.15, 0.2) is 0 Å². The number of hydrogen-bond acceptors (Lipinski definition) is 8. The van der Waals surface area contributed by atoms with Gasteiger partial charge in [-0.05, 0) is 13.1 Å². The summed E-state index contributed by atoms with van der Waals surface area (Å²) in [7, 11) is 0. The Morgan fingerprint density at radius 2 is 0.762 bits per heavy atom. The monoisotopic (exact) mass is 320 g/mol. The van der Waals surface area contributed by atoms with Gasteiger partial charge in [-0.2, -0.15) is 0 Å². The van der Waals surface area contributed by atoms with Crippen molar-refractivity contribution in [1.82, 2.24) is 9.80 Å². The Hall–Kier alpha value is 0.446. The van der Waals surface area contributed by atoms with E-state index in [9.17, 15) is 10.2 Å². The SMILES string of the molecule is [Mg+2].[O-]CCN(CCO)CCO.[O-]CCN(CCO)CCO. The maximum atomic E-state index is 10.1. The van der Waals surface area contributed by atoms with E-state index in [4.69, 9.17) is 20.4 Å². The summed E-state index contributed by atoms with van der Waals surface area (Å²) in [6.45, 7) is 2.51. The molecule has 124 valence electrons. The van der Waals surface area contributed by atoms with Crippen LogP contribution < -0.4 is 10.2 Å². The molecule has 0 aliphatic rings. The number of nitrogens with zero attached hydrogens (tertiary/aromatic N) is 2. The quantitative estimate of drug-likeness (QED) is 0.262. The first-order valence-corrected chi connectivity index (χ1v) is 6.74. The van der Waals surface area contributed by atoms with Crippen LogP contribution in [0.4, 0.5) is 0 Å². The Balaban J connectivity index is -0.000000295. The van der Waals surface area contributed by atoms with Crippen LogP contribution in [0.5, 0.6) is 0 Å². The molecule has 0 aromatic heterocycles. The molecule has 8 nitrogen and oxygen atoms in total. The van der Waals surface area contributed by atoms with Crippen molar-refractivity contribution in [2.45, 2.75) is 0 Å². The minimum atomic E-state index is -0.181. The summed E-state index contributed by atoms with van der Waals surface area (Å²) >= 11 is 0. The molecule has 9 heteroatoms.